The summed E-state index contributed by atoms with van der Waals surface area (Å²) in [6.45, 7) is 0.906. The minimum absolute atomic E-state index is 0.110. The summed E-state index contributed by atoms with van der Waals surface area (Å²) in [5.41, 5.74) is 1.88. The van der Waals surface area contributed by atoms with Gasteiger partial charge in [0.25, 0.3) is 0 Å². The zero-order chi connectivity index (χ0) is 15.1. The Balaban J connectivity index is 2.08. The van der Waals surface area contributed by atoms with Gasteiger partial charge < -0.3 is 10.0 Å². The fourth-order valence-corrected chi connectivity index (χ4v) is 3.03. The number of likely N-dealkylation sites (tertiary alicyclic amines) is 1. The van der Waals surface area contributed by atoms with Crippen LogP contribution in [0, 0.1) is 11.3 Å². The molecule has 0 radical (unpaired) electrons. The highest BCUT2D eigenvalue weighted by atomic mass is 16.3. The standard InChI is InChI=1S/C17H22N2O2/c18-10-8-14-5-1-2-6-15(14)13-17(21)19-11-4-3-7-16(19)9-12-20/h1-2,5-6,16,20H,3-4,7-9,11-13H2. The van der Waals surface area contributed by atoms with E-state index in [9.17, 15) is 4.79 Å². The highest BCUT2D eigenvalue weighted by Gasteiger charge is 2.26. The molecule has 1 aromatic carbocycles. The van der Waals surface area contributed by atoms with Gasteiger partial charge in [0, 0.05) is 19.2 Å². The molecule has 2 rings (SSSR count). The van der Waals surface area contributed by atoms with E-state index in [-0.39, 0.29) is 18.6 Å². The molecule has 1 fully saturated rings. The third-order valence-electron chi connectivity index (χ3n) is 4.14. The number of aliphatic hydroxyl groups excluding tert-OH is 1. The Labute approximate surface area is 126 Å². The second-order valence-electron chi connectivity index (χ2n) is 5.53. The van der Waals surface area contributed by atoms with Crippen molar-refractivity contribution in [2.45, 2.75) is 44.6 Å². The summed E-state index contributed by atoms with van der Waals surface area (Å²) in [5, 5.41) is 18.0. The summed E-state index contributed by atoms with van der Waals surface area (Å²) in [6, 6.07) is 9.96. The van der Waals surface area contributed by atoms with E-state index in [1.54, 1.807) is 0 Å². The van der Waals surface area contributed by atoms with E-state index >= 15 is 0 Å². The fourth-order valence-electron chi connectivity index (χ4n) is 3.03. The van der Waals surface area contributed by atoms with Crippen LogP contribution in [0.2, 0.25) is 0 Å². The van der Waals surface area contributed by atoms with Gasteiger partial charge >= 0.3 is 0 Å². The number of nitriles is 1. The molecule has 21 heavy (non-hydrogen) atoms. The Morgan fingerprint density at radius 2 is 2.10 bits per heavy atom. The van der Waals surface area contributed by atoms with Crippen molar-refractivity contribution in [2.24, 2.45) is 0 Å². The Hall–Kier alpha value is -1.86. The van der Waals surface area contributed by atoms with Gasteiger partial charge in [-0.3, -0.25) is 4.79 Å². The van der Waals surface area contributed by atoms with Gasteiger partial charge in [0.05, 0.1) is 18.9 Å². The Kier molecular flexibility index (Phi) is 5.77. The molecule has 1 unspecified atom stereocenters. The molecule has 112 valence electrons. The lowest BCUT2D eigenvalue weighted by Crippen LogP contribution is -2.44. The van der Waals surface area contributed by atoms with Crippen LogP contribution in [0.5, 0.6) is 0 Å². The molecule has 0 spiro atoms. The molecule has 0 aromatic heterocycles. The van der Waals surface area contributed by atoms with E-state index in [1.165, 1.54) is 0 Å². The maximum Gasteiger partial charge on any atom is 0.227 e. The number of piperidine rings is 1. The third kappa shape index (κ3) is 4.05. The zero-order valence-electron chi connectivity index (χ0n) is 12.3. The number of hydrogen-bond donors (Lipinski definition) is 1. The third-order valence-corrected chi connectivity index (χ3v) is 4.14. The van der Waals surface area contributed by atoms with E-state index in [0.717, 1.165) is 36.9 Å². The van der Waals surface area contributed by atoms with Crippen LogP contribution in [0.1, 0.15) is 36.8 Å². The quantitative estimate of drug-likeness (QED) is 0.901. The van der Waals surface area contributed by atoms with Crippen LogP contribution in [0.25, 0.3) is 0 Å². The van der Waals surface area contributed by atoms with Gasteiger partial charge in [-0.1, -0.05) is 24.3 Å². The molecule has 1 aliphatic heterocycles. The smallest absolute Gasteiger partial charge is 0.227 e. The number of rotatable bonds is 5. The number of nitrogens with zero attached hydrogens (tertiary/aromatic N) is 2. The summed E-state index contributed by atoms with van der Waals surface area (Å²) >= 11 is 0. The number of hydrogen-bond acceptors (Lipinski definition) is 3. The van der Waals surface area contributed by atoms with Gasteiger partial charge in [0.1, 0.15) is 0 Å². The lowest BCUT2D eigenvalue weighted by molar-refractivity contribution is -0.134. The largest absolute Gasteiger partial charge is 0.396 e. The predicted molar refractivity (Wildman–Crippen MR) is 80.5 cm³/mol. The second kappa shape index (κ2) is 7.80. The summed E-state index contributed by atoms with van der Waals surface area (Å²) in [6.07, 6.45) is 4.48. The van der Waals surface area contributed by atoms with Crippen LogP contribution in [-0.4, -0.2) is 35.1 Å². The van der Waals surface area contributed by atoms with Gasteiger partial charge in [-0.15, -0.1) is 0 Å². The number of carbonyl (C=O) groups excluding carboxylic acids is 1. The van der Waals surface area contributed by atoms with Gasteiger partial charge in [0.15, 0.2) is 0 Å². The average molecular weight is 286 g/mol. The molecular formula is C17H22N2O2. The molecule has 1 heterocycles. The molecule has 0 aliphatic carbocycles. The van der Waals surface area contributed by atoms with Crippen LogP contribution < -0.4 is 0 Å². The van der Waals surface area contributed by atoms with Gasteiger partial charge in [-0.2, -0.15) is 5.26 Å². The highest BCUT2D eigenvalue weighted by Crippen LogP contribution is 2.21. The van der Waals surface area contributed by atoms with Crippen molar-refractivity contribution in [1.29, 1.82) is 5.26 Å². The number of amides is 1. The first-order chi connectivity index (χ1) is 10.3. The van der Waals surface area contributed by atoms with Crippen molar-refractivity contribution in [3.05, 3.63) is 35.4 Å². The van der Waals surface area contributed by atoms with Crippen LogP contribution in [0.3, 0.4) is 0 Å². The molecule has 1 aromatic rings. The summed E-state index contributed by atoms with van der Waals surface area (Å²) < 4.78 is 0. The molecule has 1 aliphatic rings. The molecule has 1 saturated heterocycles. The lowest BCUT2D eigenvalue weighted by Gasteiger charge is -2.35. The zero-order valence-corrected chi connectivity index (χ0v) is 12.3. The van der Waals surface area contributed by atoms with E-state index in [4.69, 9.17) is 10.4 Å². The van der Waals surface area contributed by atoms with Crippen molar-refractivity contribution in [3.63, 3.8) is 0 Å². The first kappa shape index (κ1) is 15.5. The maximum atomic E-state index is 12.6. The first-order valence-corrected chi connectivity index (χ1v) is 7.60. The predicted octanol–water partition coefficient (Wildman–Crippen LogP) is 2.06. The van der Waals surface area contributed by atoms with Crippen LogP contribution in [0.15, 0.2) is 24.3 Å². The van der Waals surface area contributed by atoms with Crippen molar-refractivity contribution >= 4 is 5.91 Å². The summed E-state index contributed by atoms with van der Waals surface area (Å²) in [7, 11) is 0. The number of carbonyl (C=O) groups is 1. The lowest BCUT2D eigenvalue weighted by atomic mass is 9.97. The topological polar surface area (TPSA) is 64.3 Å². The van der Waals surface area contributed by atoms with Crippen molar-refractivity contribution < 1.29 is 9.90 Å². The maximum absolute atomic E-state index is 12.6. The van der Waals surface area contributed by atoms with E-state index in [2.05, 4.69) is 6.07 Å². The van der Waals surface area contributed by atoms with Crippen molar-refractivity contribution in [2.75, 3.05) is 13.2 Å². The summed E-state index contributed by atoms with van der Waals surface area (Å²) in [5.74, 6) is 0.110. The summed E-state index contributed by atoms with van der Waals surface area (Å²) in [4.78, 5) is 14.5. The van der Waals surface area contributed by atoms with Crippen LogP contribution >= 0.6 is 0 Å². The van der Waals surface area contributed by atoms with Gasteiger partial charge in [-0.25, -0.2) is 0 Å². The van der Waals surface area contributed by atoms with E-state index in [0.29, 0.717) is 19.3 Å². The molecular weight excluding hydrogens is 264 g/mol. The molecule has 0 bridgehead atoms. The molecule has 1 amide bonds. The SMILES string of the molecule is N#CCc1ccccc1CC(=O)N1CCCCC1CCO. The molecule has 1 atom stereocenters. The van der Waals surface area contributed by atoms with Gasteiger partial charge in [0.2, 0.25) is 5.91 Å². The normalized spacial score (nSPS) is 18.3. The van der Waals surface area contributed by atoms with Gasteiger partial charge in [-0.05, 0) is 36.8 Å². The fraction of sp³-hybridized carbons (Fsp3) is 0.529. The Morgan fingerprint density at radius 1 is 1.33 bits per heavy atom. The molecule has 4 nitrogen and oxygen atoms in total. The van der Waals surface area contributed by atoms with Crippen molar-refractivity contribution in [3.8, 4) is 6.07 Å². The molecule has 1 N–H and O–H groups in total. The molecule has 0 saturated carbocycles. The molecule has 4 heteroatoms. The minimum Gasteiger partial charge on any atom is -0.396 e. The highest BCUT2D eigenvalue weighted by molar-refractivity contribution is 5.79. The number of aliphatic hydroxyl groups is 1. The monoisotopic (exact) mass is 286 g/mol. The number of benzene rings is 1. The Morgan fingerprint density at radius 3 is 2.81 bits per heavy atom. The van der Waals surface area contributed by atoms with E-state index < -0.39 is 0 Å². The minimum atomic E-state index is 0.110. The van der Waals surface area contributed by atoms with Crippen LogP contribution in [-0.2, 0) is 17.6 Å². The van der Waals surface area contributed by atoms with Crippen molar-refractivity contribution in [1.82, 2.24) is 4.90 Å². The second-order valence-corrected chi connectivity index (χ2v) is 5.53. The van der Waals surface area contributed by atoms with Crippen LogP contribution in [0.4, 0.5) is 0 Å². The Bertz CT molecular complexity index is 520. The first-order valence-electron chi connectivity index (χ1n) is 7.60. The van der Waals surface area contributed by atoms with E-state index in [1.807, 2.05) is 29.2 Å². The average Bonchev–Trinajstić information content (AvgIpc) is 2.50.